The third kappa shape index (κ3) is 3.98. The number of nitrogens with zero attached hydrogens (tertiary/aromatic N) is 1. The molecule has 0 aromatic heterocycles. The molecule has 28 heavy (non-hydrogen) atoms. The van der Waals surface area contributed by atoms with Gasteiger partial charge in [0.25, 0.3) is 11.8 Å². The van der Waals surface area contributed by atoms with E-state index in [2.05, 4.69) is 0 Å². The fourth-order valence-corrected chi connectivity index (χ4v) is 3.29. The Morgan fingerprint density at radius 1 is 0.929 bits per heavy atom. The van der Waals surface area contributed by atoms with E-state index in [4.69, 9.17) is 10.5 Å². The Labute approximate surface area is 164 Å². The predicted molar refractivity (Wildman–Crippen MR) is 111 cm³/mol. The van der Waals surface area contributed by atoms with Crippen LogP contribution in [-0.4, -0.2) is 36.4 Å². The number of hydrogen-bond donors (Lipinski definition) is 1. The molecule has 5 nitrogen and oxygen atoms in total. The lowest BCUT2D eigenvalue weighted by Gasteiger charge is -2.19. The summed E-state index contributed by atoms with van der Waals surface area (Å²) in [5.74, 6) is 0.0688. The molecule has 0 radical (unpaired) electrons. The molecule has 3 rings (SSSR count). The van der Waals surface area contributed by atoms with Crippen LogP contribution in [0.5, 0.6) is 5.75 Å². The van der Waals surface area contributed by atoms with Crippen LogP contribution in [-0.2, 0) is 4.79 Å². The summed E-state index contributed by atoms with van der Waals surface area (Å²) in [7, 11) is 0. The predicted octanol–water partition coefficient (Wildman–Crippen LogP) is 3.85. The van der Waals surface area contributed by atoms with E-state index in [1.54, 1.807) is 4.90 Å². The van der Waals surface area contributed by atoms with Gasteiger partial charge in [-0.15, -0.1) is 0 Å². The van der Waals surface area contributed by atoms with E-state index in [1.807, 2.05) is 74.5 Å². The zero-order valence-corrected chi connectivity index (χ0v) is 16.1. The molecule has 0 heterocycles. The number of ether oxygens (including phenoxy) is 1. The van der Waals surface area contributed by atoms with Crippen LogP contribution in [0.25, 0.3) is 21.9 Å². The smallest absolute Gasteiger partial charge is 0.255 e. The van der Waals surface area contributed by atoms with Gasteiger partial charge in [-0.05, 0) is 48.4 Å². The number of nitrogens with two attached hydrogens (primary N) is 1. The average Bonchev–Trinajstić information content (AvgIpc) is 2.72. The Kier molecular flexibility index (Phi) is 5.94. The summed E-state index contributed by atoms with van der Waals surface area (Å²) in [6, 6.07) is 19.2. The summed E-state index contributed by atoms with van der Waals surface area (Å²) in [5.41, 5.74) is 7.67. The second-order valence-corrected chi connectivity index (χ2v) is 6.47. The van der Waals surface area contributed by atoms with Crippen molar-refractivity contribution in [3.63, 3.8) is 0 Å². The van der Waals surface area contributed by atoms with Crippen molar-refractivity contribution in [3.8, 4) is 16.9 Å². The maximum Gasteiger partial charge on any atom is 0.255 e. The Morgan fingerprint density at radius 2 is 1.61 bits per heavy atom. The molecular weight excluding hydrogens is 352 g/mol. The van der Waals surface area contributed by atoms with Gasteiger partial charge in [0.15, 0.2) is 6.61 Å². The highest BCUT2D eigenvalue weighted by molar-refractivity contribution is 6.01. The molecule has 2 N–H and O–H groups in total. The third-order valence-corrected chi connectivity index (χ3v) is 4.73. The lowest BCUT2D eigenvalue weighted by Crippen LogP contribution is -2.30. The SMILES string of the molecule is CCN(CC)C(=O)c1ccc(-c2c(OCC(N)=O)ccc3ccccc23)cc1. The number of benzene rings is 3. The molecule has 3 aromatic rings. The third-order valence-electron chi connectivity index (χ3n) is 4.73. The molecule has 0 aliphatic carbocycles. The maximum absolute atomic E-state index is 12.6. The first-order chi connectivity index (χ1) is 13.5. The van der Waals surface area contributed by atoms with E-state index in [1.165, 1.54) is 0 Å². The molecule has 0 unspecified atom stereocenters. The number of carbonyl (C=O) groups is 2. The van der Waals surface area contributed by atoms with E-state index in [0.29, 0.717) is 24.4 Å². The number of hydrogen-bond acceptors (Lipinski definition) is 3. The van der Waals surface area contributed by atoms with E-state index >= 15 is 0 Å². The molecule has 3 aromatic carbocycles. The molecular formula is C23H24N2O3. The minimum atomic E-state index is -0.528. The van der Waals surface area contributed by atoms with Crippen LogP contribution in [0.2, 0.25) is 0 Å². The lowest BCUT2D eigenvalue weighted by molar-refractivity contribution is -0.119. The average molecular weight is 376 g/mol. The Hall–Kier alpha value is -3.34. The van der Waals surface area contributed by atoms with E-state index < -0.39 is 5.91 Å². The fourth-order valence-electron chi connectivity index (χ4n) is 3.29. The molecule has 0 aliphatic heterocycles. The summed E-state index contributed by atoms with van der Waals surface area (Å²) in [6.45, 7) is 5.09. The molecule has 0 fully saturated rings. The van der Waals surface area contributed by atoms with Crippen molar-refractivity contribution >= 4 is 22.6 Å². The minimum Gasteiger partial charge on any atom is -0.483 e. The zero-order chi connectivity index (χ0) is 20.1. The minimum absolute atomic E-state index is 0.0136. The summed E-state index contributed by atoms with van der Waals surface area (Å²) in [4.78, 5) is 25.5. The molecule has 0 bridgehead atoms. The monoisotopic (exact) mass is 376 g/mol. The van der Waals surface area contributed by atoms with Gasteiger partial charge in [0.2, 0.25) is 0 Å². The van der Waals surface area contributed by atoms with Gasteiger partial charge in [-0.1, -0.05) is 42.5 Å². The molecule has 2 amide bonds. The van der Waals surface area contributed by atoms with Crippen LogP contribution in [0.4, 0.5) is 0 Å². The van der Waals surface area contributed by atoms with Crippen molar-refractivity contribution in [3.05, 3.63) is 66.2 Å². The van der Waals surface area contributed by atoms with Crippen LogP contribution in [0.3, 0.4) is 0 Å². The number of amides is 2. The lowest BCUT2D eigenvalue weighted by atomic mass is 9.96. The molecule has 0 atom stereocenters. The first-order valence-corrected chi connectivity index (χ1v) is 9.37. The normalized spacial score (nSPS) is 10.6. The second-order valence-electron chi connectivity index (χ2n) is 6.47. The molecule has 0 spiro atoms. The van der Waals surface area contributed by atoms with Gasteiger partial charge in [-0.25, -0.2) is 0 Å². The van der Waals surface area contributed by atoms with Crippen LogP contribution < -0.4 is 10.5 Å². The summed E-state index contributed by atoms with van der Waals surface area (Å²) < 4.78 is 5.66. The highest BCUT2D eigenvalue weighted by atomic mass is 16.5. The fraction of sp³-hybridized carbons (Fsp3) is 0.217. The van der Waals surface area contributed by atoms with Gasteiger partial charge < -0.3 is 15.4 Å². The standard InChI is InChI=1S/C23H24N2O3/c1-3-25(4-2)23(27)18-11-9-17(10-12-18)22-19-8-6-5-7-16(19)13-14-20(22)28-15-21(24)26/h5-14H,3-4,15H2,1-2H3,(H2,24,26). The zero-order valence-electron chi connectivity index (χ0n) is 16.1. The topological polar surface area (TPSA) is 72.6 Å². The van der Waals surface area contributed by atoms with E-state index in [9.17, 15) is 9.59 Å². The number of fused-ring (bicyclic) bond motifs is 1. The summed E-state index contributed by atoms with van der Waals surface area (Å²) >= 11 is 0. The van der Waals surface area contributed by atoms with Gasteiger partial charge in [-0.3, -0.25) is 9.59 Å². The molecule has 144 valence electrons. The number of rotatable bonds is 7. The Bertz CT molecular complexity index is 992. The van der Waals surface area contributed by atoms with Crippen LogP contribution in [0.15, 0.2) is 60.7 Å². The van der Waals surface area contributed by atoms with E-state index in [-0.39, 0.29) is 12.5 Å². The molecule has 5 heteroatoms. The van der Waals surface area contributed by atoms with Gasteiger partial charge in [0.1, 0.15) is 5.75 Å². The Morgan fingerprint density at radius 3 is 2.25 bits per heavy atom. The maximum atomic E-state index is 12.6. The quantitative estimate of drug-likeness (QED) is 0.681. The van der Waals surface area contributed by atoms with Gasteiger partial charge in [0.05, 0.1) is 0 Å². The first kappa shape index (κ1) is 19.4. The van der Waals surface area contributed by atoms with Crippen molar-refractivity contribution in [2.75, 3.05) is 19.7 Å². The van der Waals surface area contributed by atoms with Gasteiger partial charge in [0, 0.05) is 24.2 Å². The van der Waals surface area contributed by atoms with Crippen LogP contribution >= 0.6 is 0 Å². The number of carbonyl (C=O) groups excluding carboxylic acids is 2. The van der Waals surface area contributed by atoms with Gasteiger partial charge >= 0.3 is 0 Å². The highest BCUT2D eigenvalue weighted by Crippen LogP contribution is 2.37. The van der Waals surface area contributed by atoms with Crippen LogP contribution in [0, 0.1) is 0 Å². The second kappa shape index (κ2) is 8.57. The summed E-state index contributed by atoms with van der Waals surface area (Å²) in [5, 5.41) is 2.07. The van der Waals surface area contributed by atoms with Crippen molar-refractivity contribution in [1.29, 1.82) is 0 Å². The largest absolute Gasteiger partial charge is 0.483 e. The molecule has 0 saturated heterocycles. The summed E-state index contributed by atoms with van der Waals surface area (Å²) in [6.07, 6.45) is 0. The first-order valence-electron chi connectivity index (χ1n) is 9.37. The van der Waals surface area contributed by atoms with Crippen molar-refractivity contribution in [2.45, 2.75) is 13.8 Å². The van der Waals surface area contributed by atoms with Crippen molar-refractivity contribution < 1.29 is 14.3 Å². The van der Waals surface area contributed by atoms with E-state index in [0.717, 1.165) is 21.9 Å². The van der Waals surface area contributed by atoms with Gasteiger partial charge in [-0.2, -0.15) is 0 Å². The molecule has 0 saturated carbocycles. The molecule has 0 aliphatic rings. The van der Waals surface area contributed by atoms with Crippen molar-refractivity contribution in [1.82, 2.24) is 4.90 Å². The van der Waals surface area contributed by atoms with Crippen molar-refractivity contribution in [2.24, 2.45) is 5.73 Å². The number of primary amides is 1. The van der Waals surface area contributed by atoms with Crippen LogP contribution in [0.1, 0.15) is 24.2 Å². The highest BCUT2D eigenvalue weighted by Gasteiger charge is 2.15. The Balaban J connectivity index is 2.05.